The summed E-state index contributed by atoms with van der Waals surface area (Å²) >= 11 is 6.52. The Morgan fingerprint density at radius 2 is 2.15 bits per heavy atom. The van der Waals surface area contributed by atoms with Gasteiger partial charge in [0.2, 0.25) is 0 Å². The van der Waals surface area contributed by atoms with Crippen molar-refractivity contribution in [2.24, 2.45) is 0 Å². The quantitative estimate of drug-likeness (QED) is 0.931. The lowest BCUT2D eigenvalue weighted by Crippen LogP contribution is -2.12. The third-order valence-electron chi connectivity index (χ3n) is 2.38. The summed E-state index contributed by atoms with van der Waals surface area (Å²) in [7, 11) is -2.52. The highest BCUT2D eigenvalue weighted by molar-refractivity contribution is 7.94. The molecule has 9 heteroatoms. The highest BCUT2D eigenvalue weighted by atomic mass is 35.5. The Morgan fingerprint density at radius 1 is 1.45 bits per heavy atom. The maximum Gasteiger partial charge on any atom is 0.273 e. The normalized spacial score (nSPS) is 11.4. The summed E-state index contributed by atoms with van der Waals surface area (Å²) in [4.78, 5) is 3.83. The zero-order valence-corrected chi connectivity index (χ0v) is 12.9. The van der Waals surface area contributed by atoms with Crippen LogP contribution in [0.5, 0.6) is 5.75 Å². The zero-order valence-electron chi connectivity index (χ0n) is 10.5. The molecule has 0 saturated carbocycles. The molecule has 20 heavy (non-hydrogen) atoms. The van der Waals surface area contributed by atoms with Crippen molar-refractivity contribution in [3.8, 4) is 5.75 Å². The number of methoxy groups -OCH3 is 1. The minimum absolute atomic E-state index is 0.00118. The molecule has 2 rings (SSSR count). The molecule has 0 spiro atoms. The molecule has 1 heterocycles. The van der Waals surface area contributed by atoms with E-state index in [4.69, 9.17) is 16.3 Å². The Balaban J connectivity index is 2.33. The van der Waals surface area contributed by atoms with Gasteiger partial charge in [-0.2, -0.15) is 0 Å². The van der Waals surface area contributed by atoms with Crippen molar-refractivity contribution < 1.29 is 17.5 Å². The van der Waals surface area contributed by atoms with E-state index in [0.717, 1.165) is 17.4 Å². The number of halogens is 2. The van der Waals surface area contributed by atoms with Gasteiger partial charge < -0.3 is 4.74 Å². The number of nitrogens with one attached hydrogen (secondary N) is 1. The standard InChI is InChI=1S/C11H10ClFN2O3S2/c1-6-10(19-11(12)14-6)20(16,17)15-7-3-4-9(18-2)8(13)5-7/h3-5,15H,1-2H3. The largest absolute Gasteiger partial charge is 0.494 e. The second-order valence-corrected chi connectivity index (χ2v) is 7.25. The number of hydrogen-bond donors (Lipinski definition) is 1. The molecule has 0 unspecified atom stereocenters. The van der Waals surface area contributed by atoms with Gasteiger partial charge in [0, 0.05) is 6.07 Å². The lowest BCUT2D eigenvalue weighted by Gasteiger charge is -2.08. The van der Waals surface area contributed by atoms with Crippen LogP contribution in [-0.4, -0.2) is 20.5 Å². The molecule has 5 nitrogen and oxygen atoms in total. The van der Waals surface area contributed by atoms with E-state index in [9.17, 15) is 12.8 Å². The van der Waals surface area contributed by atoms with Crippen LogP contribution in [-0.2, 0) is 10.0 Å². The highest BCUT2D eigenvalue weighted by Crippen LogP contribution is 2.29. The molecule has 0 aliphatic carbocycles. The van der Waals surface area contributed by atoms with Crippen molar-refractivity contribution in [3.05, 3.63) is 34.2 Å². The van der Waals surface area contributed by atoms with Crippen LogP contribution in [0.2, 0.25) is 4.47 Å². The fourth-order valence-corrected chi connectivity index (χ4v) is 4.32. The summed E-state index contributed by atoms with van der Waals surface area (Å²) in [5.41, 5.74) is 0.383. The first-order valence-electron chi connectivity index (χ1n) is 5.33. The van der Waals surface area contributed by atoms with Gasteiger partial charge in [0.1, 0.15) is 0 Å². The molecular weight excluding hydrogens is 327 g/mol. The van der Waals surface area contributed by atoms with E-state index in [1.165, 1.54) is 26.2 Å². The Bertz CT molecular complexity index is 746. The number of thiazole rings is 1. The number of sulfonamides is 1. The van der Waals surface area contributed by atoms with Crippen molar-refractivity contribution in [2.75, 3.05) is 11.8 Å². The Labute approximate surface area is 124 Å². The van der Waals surface area contributed by atoms with Gasteiger partial charge in [-0.1, -0.05) is 22.9 Å². The Morgan fingerprint density at radius 3 is 2.65 bits per heavy atom. The molecule has 0 aliphatic rings. The first kappa shape index (κ1) is 15.0. The molecule has 0 bridgehead atoms. The number of hydrogen-bond acceptors (Lipinski definition) is 5. The second-order valence-electron chi connectivity index (χ2n) is 3.79. The Hall–Kier alpha value is -1.38. The predicted molar refractivity (Wildman–Crippen MR) is 75.6 cm³/mol. The van der Waals surface area contributed by atoms with Gasteiger partial charge in [0.25, 0.3) is 10.0 Å². The molecule has 1 N–H and O–H groups in total. The molecular formula is C11H10ClFN2O3S2. The maximum absolute atomic E-state index is 13.5. The average Bonchev–Trinajstić information content (AvgIpc) is 2.69. The van der Waals surface area contributed by atoms with Crippen LogP contribution in [0.1, 0.15) is 5.69 Å². The summed E-state index contributed by atoms with van der Waals surface area (Å²) in [6, 6.07) is 3.77. The molecule has 1 aromatic heterocycles. The predicted octanol–water partition coefficient (Wildman–Crippen LogP) is 3.05. The van der Waals surface area contributed by atoms with E-state index < -0.39 is 15.8 Å². The molecule has 0 atom stereocenters. The van der Waals surface area contributed by atoms with Crippen LogP contribution in [0.4, 0.5) is 10.1 Å². The van der Waals surface area contributed by atoms with Crippen LogP contribution in [0, 0.1) is 12.7 Å². The van der Waals surface area contributed by atoms with Crippen molar-refractivity contribution in [1.29, 1.82) is 0 Å². The van der Waals surface area contributed by atoms with E-state index in [1.54, 1.807) is 0 Å². The number of rotatable bonds is 4. The van der Waals surface area contributed by atoms with Crippen LogP contribution < -0.4 is 9.46 Å². The molecule has 108 valence electrons. The monoisotopic (exact) mass is 336 g/mol. The summed E-state index contributed by atoms with van der Waals surface area (Å²) in [6.07, 6.45) is 0. The van der Waals surface area contributed by atoms with Crippen LogP contribution in [0.25, 0.3) is 0 Å². The third-order valence-corrected chi connectivity index (χ3v) is 5.63. The van der Waals surface area contributed by atoms with E-state index in [2.05, 4.69) is 9.71 Å². The summed E-state index contributed by atoms with van der Waals surface area (Å²) in [5.74, 6) is -0.628. The van der Waals surface area contributed by atoms with Gasteiger partial charge in [0.15, 0.2) is 20.2 Å². The highest BCUT2D eigenvalue weighted by Gasteiger charge is 2.22. The van der Waals surface area contributed by atoms with E-state index >= 15 is 0 Å². The topological polar surface area (TPSA) is 68.3 Å². The van der Waals surface area contributed by atoms with Crippen molar-refractivity contribution in [2.45, 2.75) is 11.1 Å². The summed E-state index contributed by atoms with van der Waals surface area (Å²) in [6.45, 7) is 1.53. The molecule has 0 radical (unpaired) electrons. The molecule has 0 aliphatic heterocycles. The number of benzene rings is 1. The first-order valence-corrected chi connectivity index (χ1v) is 8.00. The summed E-state index contributed by atoms with van der Waals surface area (Å²) < 4.78 is 45.0. The fraction of sp³-hybridized carbons (Fsp3) is 0.182. The number of anilines is 1. The van der Waals surface area contributed by atoms with Crippen LogP contribution in [0.15, 0.2) is 22.4 Å². The van der Waals surface area contributed by atoms with Gasteiger partial charge in [-0.05, 0) is 19.1 Å². The third kappa shape index (κ3) is 3.02. The lowest BCUT2D eigenvalue weighted by atomic mass is 10.3. The average molecular weight is 337 g/mol. The second kappa shape index (κ2) is 5.55. The zero-order chi connectivity index (χ0) is 14.9. The SMILES string of the molecule is COc1ccc(NS(=O)(=O)c2sc(Cl)nc2C)cc1F. The van der Waals surface area contributed by atoms with Gasteiger partial charge in [-0.25, -0.2) is 17.8 Å². The molecule has 1 aromatic carbocycles. The molecule has 0 amide bonds. The Kier molecular flexibility index (Phi) is 4.17. The van der Waals surface area contributed by atoms with Crippen molar-refractivity contribution >= 4 is 38.6 Å². The molecule has 0 fully saturated rings. The van der Waals surface area contributed by atoms with Gasteiger partial charge >= 0.3 is 0 Å². The molecule has 2 aromatic rings. The number of aromatic nitrogens is 1. The maximum atomic E-state index is 13.5. The van der Waals surface area contributed by atoms with Gasteiger partial charge in [-0.3, -0.25) is 4.72 Å². The van der Waals surface area contributed by atoms with Gasteiger partial charge in [0.05, 0.1) is 18.5 Å². The van der Waals surface area contributed by atoms with E-state index in [-0.39, 0.29) is 20.1 Å². The number of ether oxygens (including phenoxy) is 1. The number of aryl methyl sites for hydroxylation is 1. The minimum Gasteiger partial charge on any atom is -0.494 e. The lowest BCUT2D eigenvalue weighted by molar-refractivity contribution is 0.386. The van der Waals surface area contributed by atoms with Crippen molar-refractivity contribution in [1.82, 2.24) is 4.98 Å². The van der Waals surface area contributed by atoms with Crippen molar-refractivity contribution in [3.63, 3.8) is 0 Å². The smallest absolute Gasteiger partial charge is 0.273 e. The van der Waals surface area contributed by atoms with Gasteiger partial charge in [-0.15, -0.1) is 0 Å². The van der Waals surface area contributed by atoms with E-state index in [1.807, 2.05) is 0 Å². The van der Waals surface area contributed by atoms with Crippen LogP contribution >= 0.6 is 22.9 Å². The minimum atomic E-state index is -3.85. The first-order chi connectivity index (χ1) is 9.33. The summed E-state index contributed by atoms with van der Waals surface area (Å²) in [5, 5.41) is 0. The van der Waals surface area contributed by atoms with E-state index in [0.29, 0.717) is 5.69 Å². The molecule has 0 saturated heterocycles. The fourth-order valence-electron chi connectivity index (χ4n) is 1.53. The van der Waals surface area contributed by atoms with Crippen LogP contribution in [0.3, 0.4) is 0 Å². The number of nitrogens with zero attached hydrogens (tertiary/aromatic N) is 1.